The first-order chi connectivity index (χ1) is 15.3. The van der Waals surface area contributed by atoms with Crippen molar-refractivity contribution < 1.29 is 9.53 Å². The van der Waals surface area contributed by atoms with Crippen LogP contribution in [0.3, 0.4) is 0 Å². The Labute approximate surface area is 181 Å². The van der Waals surface area contributed by atoms with E-state index in [2.05, 4.69) is 25.1 Å². The van der Waals surface area contributed by atoms with E-state index in [-0.39, 0.29) is 19.0 Å². The number of fused-ring (bicyclic) bond motifs is 1. The van der Waals surface area contributed by atoms with E-state index in [4.69, 9.17) is 9.72 Å². The number of hydrogen-bond donors (Lipinski definition) is 1. The number of nitrogens with one attached hydrogen (secondary N) is 1. The van der Waals surface area contributed by atoms with Gasteiger partial charge in [-0.1, -0.05) is 18.2 Å². The van der Waals surface area contributed by atoms with E-state index in [0.29, 0.717) is 30.9 Å². The molecule has 0 atom stereocenters. The third kappa shape index (κ3) is 4.46. The minimum atomic E-state index is -0.0718. The molecule has 0 aliphatic carbocycles. The van der Waals surface area contributed by atoms with Crippen LogP contribution in [0.4, 0.5) is 11.9 Å². The molecular weight excluding hydrogens is 394 g/mol. The summed E-state index contributed by atoms with van der Waals surface area (Å²) < 4.78 is 7.41. The first-order valence-corrected chi connectivity index (χ1v) is 10.9. The van der Waals surface area contributed by atoms with Crippen LogP contribution in [0.5, 0.6) is 0 Å². The molecular formula is C22H27N7O2. The van der Waals surface area contributed by atoms with Gasteiger partial charge in [-0.15, -0.1) is 0 Å². The summed E-state index contributed by atoms with van der Waals surface area (Å²) in [5.41, 5.74) is 1.05. The lowest BCUT2D eigenvalue weighted by Gasteiger charge is -2.28. The van der Waals surface area contributed by atoms with Gasteiger partial charge in [0.05, 0.1) is 19.8 Å². The number of carbonyl (C=O) groups excluding carboxylic acids is 1. The Morgan fingerprint density at radius 2 is 1.65 bits per heavy atom. The van der Waals surface area contributed by atoms with Crippen molar-refractivity contribution in [2.75, 3.05) is 49.2 Å². The van der Waals surface area contributed by atoms with E-state index in [0.717, 1.165) is 49.9 Å². The van der Waals surface area contributed by atoms with Crippen LogP contribution in [-0.2, 0) is 22.6 Å². The van der Waals surface area contributed by atoms with E-state index in [1.807, 2.05) is 41.1 Å². The van der Waals surface area contributed by atoms with Crippen LogP contribution in [-0.4, -0.2) is 64.8 Å². The third-order valence-electron chi connectivity index (χ3n) is 5.78. The van der Waals surface area contributed by atoms with E-state index >= 15 is 0 Å². The smallest absolute Gasteiger partial charge is 0.240 e. The Balaban J connectivity index is 1.30. The first-order valence-electron chi connectivity index (χ1n) is 10.9. The first kappa shape index (κ1) is 19.7. The minimum absolute atomic E-state index is 0.0718. The van der Waals surface area contributed by atoms with Crippen LogP contribution in [0, 0.1) is 0 Å². The molecule has 3 aromatic rings. The molecule has 0 unspecified atom stereocenters. The number of morpholine rings is 1. The number of anilines is 2. The molecule has 0 spiro atoms. The van der Waals surface area contributed by atoms with Crippen LogP contribution in [0.1, 0.15) is 18.7 Å². The second kappa shape index (κ2) is 8.89. The molecule has 9 heteroatoms. The Morgan fingerprint density at radius 3 is 2.42 bits per heavy atom. The highest BCUT2D eigenvalue weighted by Gasteiger charge is 2.21. The second-order valence-corrected chi connectivity index (χ2v) is 7.92. The van der Waals surface area contributed by atoms with Gasteiger partial charge in [0, 0.05) is 37.9 Å². The lowest BCUT2D eigenvalue weighted by Crippen LogP contribution is -2.38. The summed E-state index contributed by atoms with van der Waals surface area (Å²) in [4.78, 5) is 31.0. The fraction of sp³-hybridized carbons (Fsp3) is 0.455. The van der Waals surface area contributed by atoms with Gasteiger partial charge in [-0.2, -0.15) is 15.0 Å². The number of nitrogens with zero attached hydrogens (tertiary/aromatic N) is 6. The minimum Gasteiger partial charge on any atom is -0.378 e. The van der Waals surface area contributed by atoms with Crippen LogP contribution < -0.4 is 15.1 Å². The van der Waals surface area contributed by atoms with Gasteiger partial charge in [0.15, 0.2) is 5.82 Å². The largest absolute Gasteiger partial charge is 0.378 e. The summed E-state index contributed by atoms with van der Waals surface area (Å²) in [7, 11) is 0. The predicted molar refractivity (Wildman–Crippen MR) is 118 cm³/mol. The van der Waals surface area contributed by atoms with Gasteiger partial charge in [0.25, 0.3) is 0 Å². The number of rotatable bonds is 6. The molecule has 0 bridgehead atoms. The number of ether oxygens (including phenoxy) is 1. The van der Waals surface area contributed by atoms with Crippen molar-refractivity contribution in [3.05, 3.63) is 42.4 Å². The van der Waals surface area contributed by atoms with Crippen molar-refractivity contribution in [2.45, 2.75) is 25.9 Å². The fourth-order valence-electron chi connectivity index (χ4n) is 4.10. The quantitative estimate of drug-likeness (QED) is 0.646. The van der Waals surface area contributed by atoms with Gasteiger partial charge in [-0.3, -0.25) is 4.79 Å². The topological polar surface area (TPSA) is 88.4 Å². The molecule has 1 amide bonds. The van der Waals surface area contributed by atoms with Gasteiger partial charge in [-0.05, 0) is 30.4 Å². The maximum atomic E-state index is 12.6. The predicted octanol–water partition coefficient (Wildman–Crippen LogP) is 1.58. The molecule has 2 aliphatic heterocycles. The van der Waals surface area contributed by atoms with Gasteiger partial charge in [-0.25, -0.2) is 0 Å². The molecule has 162 valence electrons. The molecule has 1 aromatic carbocycles. The van der Waals surface area contributed by atoms with Crippen molar-refractivity contribution in [2.24, 2.45) is 0 Å². The molecule has 2 fully saturated rings. The summed E-state index contributed by atoms with van der Waals surface area (Å²) in [6.45, 7) is 5.31. The highest BCUT2D eigenvalue weighted by Crippen LogP contribution is 2.19. The lowest BCUT2D eigenvalue weighted by atomic mass is 10.2. The number of benzene rings is 1. The number of carbonyl (C=O) groups is 1. The number of hydrogen-bond acceptors (Lipinski definition) is 7. The summed E-state index contributed by atoms with van der Waals surface area (Å²) in [5, 5.41) is 4.10. The Kier molecular flexibility index (Phi) is 5.66. The highest BCUT2D eigenvalue weighted by atomic mass is 16.5. The second-order valence-electron chi connectivity index (χ2n) is 7.92. The van der Waals surface area contributed by atoms with E-state index < -0.39 is 0 Å². The third-order valence-corrected chi connectivity index (χ3v) is 5.78. The van der Waals surface area contributed by atoms with Gasteiger partial charge in [0.2, 0.25) is 17.8 Å². The Morgan fingerprint density at radius 1 is 0.935 bits per heavy atom. The van der Waals surface area contributed by atoms with Crippen molar-refractivity contribution in [3.63, 3.8) is 0 Å². The Hall–Kier alpha value is -3.20. The normalized spacial score (nSPS) is 16.8. The lowest BCUT2D eigenvalue weighted by molar-refractivity contribution is -0.121. The standard InChI is InChI=1S/C22H27N7O2/c30-20(16-29-10-7-17-5-1-2-6-18(17)29)23-15-19-24-21(27-8-3-4-9-27)26-22(25-19)28-11-13-31-14-12-28/h1-2,5-7,10H,3-4,8-9,11-16H2,(H,23,30). The zero-order valence-corrected chi connectivity index (χ0v) is 17.5. The molecule has 5 rings (SSSR count). The van der Waals surface area contributed by atoms with Crippen LogP contribution in [0.2, 0.25) is 0 Å². The maximum Gasteiger partial charge on any atom is 0.240 e. The summed E-state index contributed by atoms with van der Waals surface area (Å²) in [5.74, 6) is 1.89. The van der Waals surface area contributed by atoms with E-state index in [1.54, 1.807) is 0 Å². The average molecular weight is 422 g/mol. The van der Waals surface area contributed by atoms with Gasteiger partial charge in [0.1, 0.15) is 6.54 Å². The fourth-order valence-corrected chi connectivity index (χ4v) is 4.10. The summed E-state index contributed by atoms with van der Waals surface area (Å²) in [6.07, 6.45) is 4.24. The average Bonchev–Trinajstić information content (AvgIpc) is 3.49. The van der Waals surface area contributed by atoms with Crippen LogP contribution in [0.15, 0.2) is 36.5 Å². The Bertz CT molecular complexity index is 1050. The maximum absolute atomic E-state index is 12.6. The molecule has 2 saturated heterocycles. The molecule has 4 heterocycles. The van der Waals surface area contributed by atoms with E-state index in [1.165, 1.54) is 0 Å². The van der Waals surface area contributed by atoms with E-state index in [9.17, 15) is 4.79 Å². The SMILES string of the molecule is O=C(Cn1ccc2ccccc21)NCc1nc(N2CCCC2)nc(N2CCOCC2)n1. The zero-order chi connectivity index (χ0) is 21.0. The van der Waals surface area contributed by atoms with Crippen LogP contribution >= 0.6 is 0 Å². The number of aromatic nitrogens is 4. The van der Waals surface area contributed by atoms with Crippen molar-refractivity contribution >= 4 is 28.7 Å². The molecule has 2 aromatic heterocycles. The summed E-state index contributed by atoms with van der Waals surface area (Å²) in [6, 6.07) is 10.1. The van der Waals surface area contributed by atoms with Crippen molar-refractivity contribution in [1.82, 2.24) is 24.8 Å². The van der Waals surface area contributed by atoms with Crippen molar-refractivity contribution in [3.8, 4) is 0 Å². The molecule has 9 nitrogen and oxygen atoms in total. The molecule has 0 radical (unpaired) electrons. The van der Waals surface area contributed by atoms with Crippen molar-refractivity contribution in [1.29, 1.82) is 0 Å². The number of para-hydroxylation sites is 1. The van der Waals surface area contributed by atoms with Gasteiger partial charge < -0.3 is 24.4 Å². The van der Waals surface area contributed by atoms with Crippen LogP contribution in [0.25, 0.3) is 10.9 Å². The monoisotopic (exact) mass is 421 g/mol. The number of amides is 1. The molecule has 31 heavy (non-hydrogen) atoms. The summed E-state index contributed by atoms with van der Waals surface area (Å²) >= 11 is 0. The molecule has 0 saturated carbocycles. The highest BCUT2D eigenvalue weighted by molar-refractivity contribution is 5.83. The van der Waals surface area contributed by atoms with Gasteiger partial charge >= 0.3 is 0 Å². The zero-order valence-electron chi connectivity index (χ0n) is 17.5. The molecule has 1 N–H and O–H groups in total. The molecule has 2 aliphatic rings.